The Bertz CT molecular complexity index is 422. The molecule has 1 aliphatic carbocycles. The largest absolute Gasteiger partial charge is 0.324 e. The van der Waals surface area contributed by atoms with Crippen LogP contribution in [0.25, 0.3) is 0 Å². The normalized spacial score (nSPS) is 17.1. The van der Waals surface area contributed by atoms with Crippen molar-refractivity contribution < 1.29 is 4.79 Å². The summed E-state index contributed by atoms with van der Waals surface area (Å²) in [5.41, 5.74) is 7.57. The van der Waals surface area contributed by atoms with E-state index in [1.165, 1.54) is 5.56 Å². The molecule has 106 valence electrons. The molecule has 3 N–H and O–H groups in total. The van der Waals surface area contributed by atoms with E-state index in [0.29, 0.717) is 5.92 Å². The summed E-state index contributed by atoms with van der Waals surface area (Å²) in [7, 11) is 0. The smallest absolute Gasteiger partial charge is 0.244 e. The molecule has 4 heteroatoms. The highest BCUT2D eigenvalue weighted by Crippen LogP contribution is 2.28. The second-order valence-corrected chi connectivity index (χ2v) is 5.59. The molecule has 1 saturated carbocycles. The maximum Gasteiger partial charge on any atom is 0.244 e. The van der Waals surface area contributed by atoms with E-state index in [-0.39, 0.29) is 18.3 Å². The average molecular weight is 283 g/mol. The van der Waals surface area contributed by atoms with Gasteiger partial charge in [-0.15, -0.1) is 12.4 Å². The molecule has 0 saturated heterocycles. The zero-order valence-electron chi connectivity index (χ0n) is 11.6. The summed E-state index contributed by atoms with van der Waals surface area (Å²) in [5, 5.41) is 2.93. The lowest BCUT2D eigenvalue weighted by molar-refractivity contribution is -0.121. The second kappa shape index (κ2) is 6.40. The minimum atomic E-state index is -0.656. The molecule has 0 atom stereocenters. The van der Waals surface area contributed by atoms with Gasteiger partial charge in [0.1, 0.15) is 0 Å². The van der Waals surface area contributed by atoms with E-state index in [1.54, 1.807) is 0 Å². The van der Waals surface area contributed by atoms with Crippen LogP contribution in [0, 0.1) is 0 Å². The molecule has 0 unspecified atom stereocenters. The van der Waals surface area contributed by atoms with Crippen molar-refractivity contribution >= 4 is 24.0 Å². The lowest BCUT2D eigenvalue weighted by Gasteiger charge is -2.22. The predicted octanol–water partition coefficient (Wildman–Crippen LogP) is 3.44. The lowest BCUT2D eigenvalue weighted by atomic mass is 9.98. The van der Waals surface area contributed by atoms with E-state index in [9.17, 15) is 4.79 Å². The number of hydrogen-bond acceptors (Lipinski definition) is 2. The number of benzene rings is 1. The molecule has 0 spiro atoms. The number of hydrogen-bond donors (Lipinski definition) is 2. The van der Waals surface area contributed by atoms with Gasteiger partial charge in [0.15, 0.2) is 0 Å². The quantitative estimate of drug-likeness (QED) is 0.892. The summed E-state index contributed by atoms with van der Waals surface area (Å²) in [6.07, 6.45) is 3.69. The summed E-state index contributed by atoms with van der Waals surface area (Å²) in [5.74, 6) is 0.461. The highest BCUT2D eigenvalue weighted by atomic mass is 35.5. The number of nitrogens with two attached hydrogens (primary N) is 1. The highest BCUT2D eigenvalue weighted by molar-refractivity contribution is 5.98. The second-order valence-electron chi connectivity index (χ2n) is 5.59. The van der Waals surface area contributed by atoms with Gasteiger partial charge in [-0.2, -0.15) is 0 Å². The maximum atomic E-state index is 12.1. The van der Waals surface area contributed by atoms with Crippen molar-refractivity contribution in [3.63, 3.8) is 0 Å². The van der Waals surface area contributed by atoms with E-state index in [4.69, 9.17) is 5.73 Å². The van der Waals surface area contributed by atoms with E-state index < -0.39 is 5.54 Å². The Labute approximate surface area is 121 Å². The molecule has 2 rings (SSSR count). The molecular formula is C15H23ClN2O. The van der Waals surface area contributed by atoms with Crippen LogP contribution in [0.3, 0.4) is 0 Å². The summed E-state index contributed by atoms with van der Waals surface area (Å²) in [6, 6.07) is 8.01. The van der Waals surface area contributed by atoms with Gasteiger partial charge in [-0.1, -0.05) is 38.8 Å². The zero-order valence-corrected chi connectivity index (χ0v) is 12.4. The van der Waals surface area contributed by atoms with Gasteiger partial charge in [0.2, 0.25) is 5.91 Å². The molecule has 19 heavy (non-hydrogen) atoms. The number of halogens is 1. The molecule has 0 aliphatic heterocycles. The number of anilines is 1. The van der Waals surface area contributed by atoms with E-state index in [2.05, 4.69) is 31.3 Å². The molecule has 0 aromatic heterocycles. The lowest BCUT2D eigenvalue weighted by Crippen LogP contribution is -2.48. The summed E-state index contributed by atoms with van der Waals surface area (Å²) >= 11 is 0. The first-order chi connectivity index (χ1) is 8.51. The fraction of sp³-hybridized carbons (Fsp3) is 0.533. The molecule has 1 aliphatic rings. The number of carbonyl (C=O) groups is 1. The fourth-order valence-corrected chi connectivity index (χ4v) is 2.44. The first-order valence-corrected chi connectivity index (χ1v) is 6.71. The number of carbonyl (C=O) groups excluding carboxylic acids is 1. The van der Waals surface area contributed by atoms with Crippen molar-refractivity contribution in [1.82, 2.24) is 0 Å². The Morgan fingerprint density at radius 2 is 1.74 bits per heavy atom. The molecule has 3 nitrogen and oxygen atoms in total. The Morgan fingerprint density at radius 3 is 2.21 bits per heavy atom. The van der Waals surface area contributed by atoms with Crippen LogP contribution in [0.4, 0.5) is 5.69 Å². The van der Waals surface area contributed by atoms with Crippen LogP contribution in [-0.4, -0.2) is 11.4 Å². The van der Waals surface area contributed by atoms with Gasteiger partial charge in [-0.05, 0) is 36.5 Å². The van der Waals surface area contributed by atoms with Crippen LogP contribution in [0.5, 0.6) is 0 Å². The molecule has 0 radical (unpaired) electrons. The van der Waals surface area contributed by atoms with Crippen molar-refractivity contribution in [2.24, 2.45) is 5.73 Å². The van der Waals surface area contributed by atoms with Gasteiger partial charge in [0, 0.05) is 5.69 Å². The molecular weight excluding hydrogens is 260 g/mol. The summed E-state index contributed by atoms with van der Waals surface area (Å²) in [6.45, 7) is 4.31. The van der Waals surface area contributed by atoms with Crippen LogP contribution in [-0.2, 0) is 4.79 Å². The summed E-state index contributed by atoms with van der Waals surface area (Å²) < 4.78 is 0. The number of amides is 1. The van der Waals surface area contributed by atoms with Crippen molar-refractivity contribution in [2.75, 3.05) is 5.32 Å². The van der Waals surface area contributed by atoms with E-state index in [0.717, 1.165) is 31.4 Å². The van der Waals surface area contributed by atoms with Crippen LogP contribution < -0.4 is 11.1 Å². The highest BCUT2D eigenvalue weighted by Gasteiger charge is 2.36. The van der Waals surface area contributed by atoms with Crippen LogP contribution >= 0.6 is 12.4 Å². The van der Waals surface area contributed by atoms with Gasteiger partial charge >= 0.3 is 0 Å². The molecule has 1 amide bonds. The van der Waals surface area contributed by atoms with Gasteiger partial charge < -0.3 is 11.1 Å². The first kappa shape index (κ1) is 16.0. The molecule has 0 heterocycles. The SMILES string of the molecule is CC(C)c1ccc(NC(=O)C2(N)CCCC2)cc1.Cl. The first-order valence-electron chi connectivity index (χ1n) is 6.71. The number of nitrogens with one attached hydrogen (secondary N) is 1. The zero-order chi connectivity index (χ0) is 13.2. The van der Waals surface area contributed by atoms with Crippen molar-refractivity contribution in [3.8, 4) is 0 Å². The van der Waals surface area contributed by atoms with Gasteiger partial charge in [0.05, 0.1) is 5.54 Å². The standard InChI is InChI=1S/C15H22N2O.ClH/c1-11(2)12-5-7-13(8-6-12)17-14(18)15(16)9-3-4-10-15;/h5-8,11H,3-4,9-10,16H2,1-2H3,(H,17,18);1H. The average Bonchev–Trinajstić information content (AvgIpc) is 2.78. The van der Waals surface area contributed by atoms with E-state index in [1.807, 2.05) is 12.1 Å². The fourth-order valence-electron chi connectivity index (χ4n) is 2.44. The van der Waals surface area contributed by atoms with Crippen molar-refractivity contribution in [2.45, 2.75) is 51.0 Å². The Kier molecular flexibility index (Phi) is 5.39. The maximum absolute atomic E-state index is 12.1. The molecule has 0 bridgehead atoms. The third kappa shape index (κ3) is 3.71. The summed E-state index contributed by atoms with van der Waals surface area (Å²) in [4.78, 5) is 12.1. The predicted molar refractivity (Wildman–Crippen MR) is 81.8 cm³/mol. The molecule has 1 fully saturated rings. The minimum absolute atomic E-state index is 0. The van der Waals surface area contributed by atoms with Crippen molar-refractivity contribution in [1.29, 1.82) is 0 Å². The van der Waals surface area contributed by atoms with Gasteiger partial charge in [0.25, 0.3) is 0 Å². The van der Waals surface area contributed by atoms with E-state index >= 15 is 0 Å². The van der Waals surface area contributed by atoms with Crippen LogP contribution in [0.15, 0.2) is 24.3 Å². The Morgan fingerprint density at radius 1 is 1.21 bits per heavy atom. The Balaban J connectivity index is 0.00000180. The van der Waals surface area contributed by atoms with Crippen LogP contribution in [0.2, 0.25) is 0 Å². The minimum Gasteiger partial charge on any atom is -0.324 e. The topological polar surface area (TPSA) is 55.1 Å². The van der Waals surface area contributed by atoms with Gasteiger partial charge in [-0.3, -0.25) is 4.79 Å². The Hall–Kier alpha value is -1.06. The molecule has 1 aromatic carbocycles. The van der Waals surface area contributed by atoms with Gasteiger partial charge in [-0.25, -0.2) is 0 Å². The van der Waals surface area contributed by atoms with Crippen molar-refractivity contribution in [3.05, 3.63) is 29.8 Å². The third-order valence-electron chi connectivity index (χ3n) is 3.78. The third-order valence-corrected chi connectivity index (χ3v) is 3.78. The molecule has 1 aromatic rings. The van der Waals surface area contributed by atoms with Crippen LogP contribution in [0.1, 0.15) is 51.0 Å². The monoisotopic (exact) mass is 282 g/mol. The number of rotatable bonds is 3.